The van der Waals surface area contributed by atoms with Crippen molar-refractivity contribution in [3.63, 3.8) is 0 Å². The molecule has 0 bridgehead atoms. The maximum Gasteiger partial charge on any atom is 0.311 e. The third-order valence-corrected chi connectivity index (χ3v) is 7.29. The summed E-state index contributed by atoms with van der Waals surface area (Å²) in [6.07, 6.45) is 5.01. The third kappa shape index (κ3) is 2.27. The summed E-state index contributed by atoms with van der Waals surface area (Å²) >= 11 is 0. The number of carbonyl (C=O) groups is 1. The second-order valence-electron chi connectivity index (χ2n) is 9.06. The van der Waals surface area contributed by atoms with Gasteiger partial charge in [-0.1, -0.05) is 20.3 Å². The first kappa shape index (κ1) is 16.8. The summed E-state index contributed by atoms with van der Waals surface area (Å²) in [5.41, 5.74) is 0.201. The molecular formula is C19H32N2O3. The van der Waals surface area contributed by atoms with Gasteiger partial charge in [-0.2, -0.15) is 0 Å². The number of rotatable bonds is 5. The minimum atomic E-state index is -0.0415. The molecule has 4 aliphatic rings. The molecule has 2 saturated heterocycles. The largest absolute Gasteiger partial charge is 0.462 e. The molecule has 24 heavy (non-hydrogen) atoms. The van der Waals surface area contributed by atoms with Crippen molar-refractivity contribution in [2.75, 3.05) is 33.7 Å². The fraction of sp³-hybridized carbons (Fsp3) is 0.947. The van der Waals surface area contributed by atoms with Crippen LogP contribution < -0.4 is 5.32 Å². The van der Waals surface area contributed by atoms with Gasteiger partial charge in [0.15, 0.2) is 0 Å². The van der Waals surface area contributed by atoms with Gasteiger partial charge in [0.1, 0.15) is 11.7 Å². The Morgan fingerprint density at radius 3 is 2.92 bits per heavy atom. The number of ether oxygens (including phenoxy) is 2. The van der Waals surface area contributed by atoms with Gasteiger partial charge in [0.2, 0.25) is 0 Å². The first-order valence-corrected chi connectivity index (χ1v) is 9.63. The molecule has 2 heterocycles. The van der Waals surface area contributed by atoms with Crippen LogP contribution in [0.25, 0.3) is 0 Å². The number of hydrogen-bond donors (Lipinski definition) is 1. The van der Waals surface area contributed by atoms with Crippen LogP contribution in [0.2, 0.25) is 0 Å². The number of fused-ring (bicyclic) bond motifs is 2. The molecule has 0 unspecified atom stereocenters. The lowest BCUT2D eigenvalue weighted by Crippen LogP contribution is -2.54. The van der Waals surface area contributed by atoms with Crippen molar-refractivity contribution in [2.45, 2.75) is 57.3 Å². The molecule has 7 atom stereocenters. The topological polar surface area (TPSA) is 54.1 Å². The fourth-order valence-electron chi connectivity index (χ4n) is 6.03. The summed E-state index contributed by atoms with van der Waals surface area (Å²) in [6, 6.07) is 0. The van der Waals surface area contributed by atoms with E-state index >= 15 is 0 Å². The maximum absolute atomic E-state index is 12.5. The minimum absolute atomic E-state index is 0.0112. The number of esters is 1. The fourth-order valence-corrected chi connectivity index (χ4v) is 6.03. The minimum Gasteiger partial charge on any atom is -0.462 e. The molecule has 2 saturated carbocycles. The van der Waals surface area contributed by atoms with Crippen molar-refractivity contribution < 1.29 is 14.3 Å². The summed E-state index contributed by atoms with van der Waals surface area (Å²) in [4.78, 5) is 14.6. The van der Waals surface area contributed by atoms with Crippen molar-refractivity contribution in [3.05, 3.63) is 0 Å². The van der Waals surface area contributed by atoms with Crippen LogP contribution in [-0.2, 0) is 14.3 Å². The summed E-state index contributed by atoms with van der Waals surface area (Å²) in [5.74, 6) is 0.793. The van der Waals surface area contributed by atoms with E-state index in [1.54, 1.807) is 0 Å². The Hall–Kier alpha value is -0.650. The second-order valence-corrected chi connectivity index (χ2v) is 9.06. The Bertz CT molecular complexity index is 525. The monoisotopic (exact) mass is 336 g/mol. The Balaban J connectivity index is 1.48. The van der Waals surface area contributed by atoms with Gasteiger partial charge in [0, 0.05) is 31.0 Å². The molecule has 1 spiro atoms. The van der Waals surface area contributed by atoms with E-state index in [0.717, 1.165) is 26.1 Å². The first-order chi connectivity index (χ1) is 11.4. The SMILES string of the molecule is C[C@@H]1CCC[C@]2(C)C[C@H]3OC(=O)[C@@H](CNCCN(C)C)[C@H]3[C@@H]3O[C@@]132. The Morgan fingerprint density at radius 1 is 1.38 bits per heavy atom. The maximum atomic E-state index is 12.5. The highest BCUT2D eigenvalue weighted by molar-refractivity contribution is 5.76. The number of nitrogens with zero attached hydrogens (tertiary/aromatic N) is 1. The molecule has 0 aromatic carbocycles. The predicted molar refractivity (Wildman–Crippen MR) is 91.6 cm³/mol. The van der Waals surface area contributed by atoms with Crippen LogP contribution in [0.4, 0.5) is 0 Å². The molecule has 0 aromatic rings. The van der Waals surface area contributed by atoms with E-state index in [1.165, 1.54) is 19.3 Å². The van der Waals surface area contributed by atoms with Gasteiger partial charge in [0.25, 0.3) is 0 Å². The molecule has 5 heteroatoms. The number of carbonyl (C=O) groups excluding carboxylic acids is 1. The highest BCUT2D eigenvalue weighted by atomic mass is 16.6. The predicted octanol–water partition coefficient (Wildman–Crippen LogP) is 1.66. The van der Waals surface area contributed by atoms with Gasteiger partial charge < -0.3 is 19.7 Å². The summed E-state index contributed by atoms with van der Waals surface area (Å²) in [5, 5.41) is 3.45. The molecule has 0 aromatic heterocycles. The zero-order chi connectivity index (χ0) is 17.1. The quantitative estimate of drug-likeness (QED) is 0.470. The van der Waals surface area contributed by atoms with Gasteiger partial charge in [0.05, 0.1) is 12.0 Å². The van der Waals surface area contributed by atoms with Crippen molar-refractivity contribution in [1.82, 2.24) is 10.2 Å². The number of hydrogen-bond acceptors (Lipinski definition) is 5. The Morgan fingerprint density at radius 2 is 2.17 bits per heavy atom. The van der Waals surface area contributed by atoms with E-state index in [0.29, 0.717) is 5.92 Å². The summed E-state index contributed by atoms with van der Waals surface area (Å²) in [7, 11) is 4.13. The highest BCUT2D eigenvalue weighted by Crippen LogP contribution is 2.70. The lowest BCUT2D eigenvalue weighted by molar-refractivity contribution is -0.146. The molecule has 4 rings (SSSR count). The van der Waals surface area contributed by atoms with Crippen LogP contribution in [-0.4, -0.2) is 62.4 Å². The number of likely N-dealkylation sites (N-methyl/N-ethyl adjacent to an activating group) is 1. The van der Waals surface area contributed by atoms with E-state index in [2.05, 4.69) is 38.2 Å². The van der Waals surface area contributed by atoms with Crippen molar-refractivity contribution in [3.8, 4) is 0 Å². The zero-order valence-electron chi connectivity index (χ0n) is 15.5. The zero-order valence-corrected chi connectivity index (χ0v) is 15.5. The highest BCUT2D eigenvalue weighted by Gasteiger charge is 2.78. The average Bonchev–Trinajstić information content (AvgIpc) is 3.18. The van der Waals surface area contributed by atoms with Gasteiger partial charge in [-0.3, -0.25) is 4.79 Å². The summed E-state index contributed by atoms with van der Waals surface area (Å²) < 4.78 is 12.3. The molecule has 5 nitrogen and oxygen atoms in total. The van der Waals surface area contributed by atoms with E-state index < -0.39 is 0 Å². The van der Waals surface area contributed by atoms with Crippen LogP contribution in [0.5, 0.6) is 0 Å². The van der Waals surface area contributed by atoms with Crippen LogP contribution in [0.1, 0.15) is 39.5 Å². The molecule has 2 aliphatic carbocycles. The Kier molecular flexibility index (Phi) is 3.98. The van der Waals surface area contributed by atoms with E-state index in [1.807, 2.05) is 0 Å². The van der Waals surface area contributed by atoms with E-state index in [4.69, 9.17) is 9.47 Å². The number of nitrogens with one attached hydrogen (secondary N) is 1. The van der Waals surface area contributed by atoms with Crippen molar-refractivity contribution >= 4 is 5.97 Å². The molecular weight excluding hydrogens is 304 g/mol. The van der Waals surface area contributed by atoms with Gasteiger partial charge in [-0.25, -0.2) is 0 Å². The molecule has 2 aliphatic heterocycles. The number of epoxide rings is 1. The average molecular weight is 336 g/mol. The van der Waals surface area contributed by atoms with Crippen molar-refractivity contribution in [2.24, 2.45) is 23.2 Å². The lowest BCUT2D eigenvalue weighted by Gasteiger charge is -2.48. The molecule has 0 radical (unpaired) electrons. The summed E-state index contributed by atoms with van der Waals surface area (Å²) in [6.45, 7) is 7.32. The smallest absolute Gasteiger partial charge is 0.311 e. The normalized spacial score (nSPS) is 49.4. The van der Waals surface area contributed by atoms with Crippen LogP contribution in [0, 0.1) is 23.2 Å². The Labute approximate surface area is 145 Å². The second kappa shape index (κ2) is 5.68. The van der Waals surface area contributed by atoms with Crippen LogP contribution in [0.15, 0.2) is 0 Å². The third-order valence-electron chi connectivity index (χ3n) is 7.29. The molecule has 1 N–H and O–H groups in total. The van der Waals surface area contributed by atoms with E-state index in [9.17, 15) is 4.79 Å². The van der Waals surface area contributed by atoms with Crippen LogP contribution >= 0.6 is 0 Å². The standard InChI is InChI=1S/C19H32N2O3/c1-12-6-5-7-18(2)10-14-15(16-19(12,18)24-16)13(17(22)23-14)11-20-8-9-21(3)4/h12-16,20H,5-11H2,1-4H3/t12-,13+,14-,15-,16+,18-,19+/m1/s1. The van der Waals surface area contributed by atoms with E-state index in [-0.39, 0.29) is 41.0 Å². The first-order valence-electron chi connectivity index (χ1n) is 9.63. The molecule has 136 valence electrons. The molecule has 4 fully saturated rings. The lowest BCUT2D eigenvalue weighted by atomic mass is 9.53. The van der Waals surface area contributed by atoms with Crippen molar-refractivity contribution in [1.29, 1.82) is 0 Å². The van der Waals surface area contributed by atoms with Crippen LogP contribution in [0.3, 0.4) is 0 Å². The van der Waals surface area contributed by atoms with Gasteiger partial charge in [-0.15, -0.1) is 0 Å². The molecule has 0 amide bonds. The van der Waals surface area contributed by atoms with Gasteiger partial charge >= 0.3 is 5.97 Å². The van der Waals surface area contributed by atoms with Gasteiger partial charge in [-0.05, 0) is 39.3 Å².